The van der Waals surface area contributed by atoms with Crippen molar-refractivity contribution in [3.8, 4) is 0 Å². The maximum atomic E-state index is 12.7. The van der Waals surface area contributed by atoms with Crippen LogP contribution >= 0.6 is 11.6 Å². The third-order valence-electron chi connectivity index (χ3n) is 5.33. The molecule has 0 saturated heterocycles. The standard InChI is InChI=1S/C21H28ClNO4/c1-2-26-21-17(7-4-12-24)18(14-8-10-15(22)11-9-14)13-19(27-21)20(25)23-16-5-3-6-16/h8-11,13,16-18,21,24H,2-7,12H2,1H3,(H,23,25)/t17-,18-,21-/m0/s1. The van der Waals surface area contributed by atoms with Crippen molar-refractivity contribution >= 4 is 17.5 Å². The number of ether oxygens (including phenoxy) is 2. The lowest BCUT2D eigenvalue weighted by molar-refractivity contribution is -0.167. The van der Waals surface area contributed by atoms with Crippen molar-refractivity contribution in [2.75, 3.05) is 13.2 Å². The number of nitrogens with one attached hydrogen (secondary N) is 1. The molecule has 27 heavy (non-hydrogen) atoms. The summed E-state index contributed by atoms with van der Waals surface area (Å²) in [6.45, 7) is 2.52. The van der Waals surface area contributed by atoms with E-state index in [4.69, 9.17) is 21.1 Å². The number of aliphatic hydroxyl groups excluding tert-OH is 1. The highest BCUT2D eigenvalue weighted by Gasteiger charge is 2.38. The fraction of sp³-hybridized carbons (Fsp3) is 0.571. The molecular weight excluding hydrogens is 366 g/mol. The fourth-order valence-electron chi connectivity index (χ4n) is 3.64. The van der Waals surface area contributed by atoms with Gasteiger partial charge in [0.15, 0.2) is 5.76 Å². The lowest BCUT2D eigenvalue weighted by Crippen LogP contribution is -2.43. The van der Waals surface area contributed by atoms with E-state index in [9.17, 15) is 9.90 Å². The number of carbonyl (C=O) groups excluding carboxylic acids is 1. The zero-order chi connectivity index (χ0) is 19.2. The van der Waals surface area contributed by atoms with Crippen LogP contribution in [0.1, 0.15) is 50.5 Å². The molecule has 0 aromatic heterocycles. The zero-order valence-corrected chi connectivity index (χ0v) is 16.5. The molecule has 0 unspecified atom stereocenters. The summed E-state index contributed by atoms with van der Waals surface area (Å²) < 4.78 is 11.8. The number of carbonyl (C=O) groups is 1. The molecule has 1 aliphatic heterocycles. The molecule has 0 bridgehead atoms. The van der Waals surface area contributed by atoms with Gasteiger partial charge in [-0.2, -0.15) is 0 Å². The zero-order valence-electron chi connectivity index (χ0n) is 15.7. The van der Waals surface area contributed by atoms with Gasteiger partial charge in [0.1, 0.15) is 0 Å². The van der Waals surface area contributed by atoms with Crippen LogP contribution in [0, 0.1) is 5.92 Å². The third-order valence-corrected chi connectivity index (χ3v) is 5.58. The Labute approximate surface area is 165 Å². The third kappa shape index (κ3) is 5.03. The van der Waals surface area contributed by atoms with Crippen LogP contribution in [-0.4, -0.2) is 36.6 Å². The predicted molar refractivity (Wildman–Crippen MR) is 104 cm³/mol. The number of amides is 1. The SMILES string of the molecule is CCO[C@H]1OC(C(=O)NC2CCC2)=C[C@@H](c2ccc(Cl)cc2)[C@@H]1CCCO. The number of halogens is 1. The van der Waals surface area contributed by atoms with Crippen LogP contribution in [0.15, 0.2) is 36.1 Å². The first kappa shape index (κ1) is 20.2. The van der Waals surface area contributed by atoms with Gasteiger partial charge in [0.2, 0.25) is 6.29 Å². The van der Waals surface area contributed by atoms with Crippen LogP contribution in [0.3, 0.4) is 0 Å². The summed E-state index contributed by atoms with van der Waals surface area (Å²) in [6, 6.07) is 7.91. The number of hydrogen-bond donors (Lipinski definition) is 2. The van der Waals surface area contributed by atoms with Gasteiger partial charge in [-0.15, -0.1) is 0 Å². The first-order chi connectivity index (χ1) is 13.1. The second kappa shape index (κ2) is 9.58. The Morgan fingerprint density at radius 1 is 1.33 bits per heavy atom. The van der Waals surface area contributed by atoms with Crippen molar-refractivity contribution < 1.29 is 19.4 Å². The lowest BCUT2D eigenvalue weighted by Gasteiger charge is -2.37. The van der Waals surface area contributed by atoms with E-state index in [1.165, 1.54) is 0 Å². The molecule has 148 valence electrons. The average Bonchev–Trinajstić information content (AvgIpc) is 2.64. The van der Waals surface area contributed by atoms with Crippen molar-refractivity contribution in [1.29, 1.82) is 0 Å². The minimum Gasteiger partial charge on any atom is -0.459 e. The van der Waals surface area contributed by atoms with Crippen LogP contribution in [0.5, 0.6) is 0 Å². The van der Waals surface area contributed by atoms with Gasteiger partial charge in [0.05, 0.1) is 0 Å². The Morgan fingerprint density at radius 3 is 2.67 bits per heavy atom. The molecule has 0 spiro atoms. The number of rotatable bonds is 8. The van der Waals surface area contributed by atoms with Crippen LogP contribution in [0.4, 0.5) is 0 Å². The van der Waals surface area contributed by atoms with E-state index in [-0.39, 0.29) is 30.4 Å². The minimum atomic E-state index is -0.519. The summed E-state index contributed by atoms with van der Waals surface area (Å²) in [5.41, 5.74) is 1.06. The Balaban J connectivity index is 1.88. The van der Waals surface area contributed by atoms with Gasteiger partial charge >= 0.3 is 0 Å². The van der Waals surface area contributed by atoms with E-state index >= 15 is 0 Å². The molecule has 1 fully saturated rings. The Morgan fingerprint density at radius 2 is 2.07 bits per heavy atom. The Kier molecular flexibility index (Phi) is 7.16. The van der Waals surface area contributed by atoms with Gasteiger partial charge in [-0.25, -0.2) is 0 Å². The number of hydrogen-bond acceptors (Lipinski definition) is 4. The number of aliphatic hydroxyl groups is 1. The van der Waals surface area contributed by atoms with Crippen LogP contribution in [-0.2, 0) is 14.3 Å². The highest BCUT2D eigenvalue weighted by atomic mass is 35.5. The van der Waals surface area contributed by atoms with Gasteiger partial charge in [0, 0.05) is 36.1 Å². The van der Waals surface area contributed by atoms with Crippen LogP contribution in [0.2, 0.25) is 5.02 Å². The van der Waals surface area contributed by atoms with E-state index in [1.54, 1.807) is 0 Å². The average molecular weight is 394 g/mol. The molecule has 1 aliphatic carbocycles. The Hall–Kier alpha value is -1.56. The molecule has 2 aliphatic rings. The van der Waals surface area contributed by atoms with Gasteiger partial charge in [-0.05, 0) is 62.8 Å². The van der Waals surface area contributed by atoms with Crippen molar-refractivity contribution in [1.82, 2.24) is 5.32 Å². The van der Waals surface area contributed by atoms with Crippen molar-refractivity contribution in [2.45, 2.75) is 57.3 Å². The van der Waals surface area contributed by atoms with Gasteiger partial charge < -0.3 is 19.9 Å². The van der Waals surface area contributed by atoms with E-state index in [0.29, 0.717) is 23.8 Å². The maximum absolute atomic E-state index is 12.7. The second-order valence-electron chi connectivity index (χ2n) is 7.18. The highest BCUT2D eigenvalue weighted by molar-refractivity contribution is 6.30. The lowest BCUT2D eigenvalue weighted by atomic mass is 9.80. The quantitative estimate of drug-likeness (QED) is 0.705. The smallest absolute Gasteiger partial charge is 0.286 e. The number of benzene rings is 1. The molecule has 1 aromatic rings. The van der Waals surface area contributed by atoms with Crippen molar-refractivity contribution in [2.24, 2.45) is 5.92 Å². The molecule has 1 amide bonds. The fourth-order valence-corrected chi connectivity index (χ4v) is 3.77. The second-order valence-corrected chi connectivity index (χ2v) is 7.62. The number of allylic oxidation sites excluding steroid dienone is 1. The van der Waals surface area contributed by atoms with Gasteiger partial charge in [-0.3, -0.25) is 4.79 Å². The Bertz CT molecular complexity index is 657. The summed E-state index contributed by atoms with van der Waals surface area (Å²) in [5.74, 6) is 0.115. The van der Waals surface area contributed by atoms with Crippen LogP contribution in [0.25, 0.3) is 0 Å². The summed E-state index contributed by atoms with van der Waals surface area (Å²) in [4.78, 5) is 12.7. The van der Waals surface area contributed by atoms with Crippen LogP contribution < -0.4 is 5.32 Å². The molecule has 5 nitrogen and oxygen atoms in total. The molecule has 3 atom stereocenters. The van der Waals surface area contributed by atoms with E-state index in [1.807, 2.05) is 37.3 Å². The molecule has 2 N–H and O–H groups in total. The topological polar surface area (TPSA) is 67.8 Å². The van der Waals surface area contributed by atoms with E-state index in [2.05, 4.69) is 5.32 Å². The summed E-state index contributed by atoms with van der Waals surface area (Å²) >= 11 is 6.05. The highest BCUT2D eigenvalue weighted by Crippen LogP contribution is 2.39. The first-order valence-electron chi connectivity index (χ1n) is 9.79. The van der Waals surface area contributed by atoms with Crippen molar-refractivity contribution in [3.63, 3.8) is 0 Å². The predicted octanol–water partition coefficient (Wildman–Crippen LogP) is 3.76. The molecule has 0 radical (unpaired) electrons. The summed E-state index contributed by atoms with van der Waals surface area (Å²) in [6.07, 6.45) is 5.97. The molecule has 6 heteroatoms. The maximum Gasteiger partial charge on any atom is 0.286 e. The summed E-state index contributed by atoms with van der Waals surface area (Å²) in [7, 11) is 0. The first-order valence-corrected chi connectivity index (χ1v) is 10.2. The molecule has 3 rings (SSSR count). The largest absolute Gasteiger partial charge is 0.459 e. The molecule has 1 saturated carbocycles. The summed E-state index contributed by atoms with van der Waals surface area (Å²) in [5, 5.41) is 13.0. The van der Waals surface area contributed by atoms with Crippen molar-refractivity contribution in [3.05, 3.63) is 46.7 Å². The molecular formula is C21H28ClNO4. The monoisotopic (exact) mass is 393 g/mol. The molecule has 1 aromatic carbocycles. The van der Waals surface area contributed by atoms with E-state index < -0.39 is 6.29 Å². The molecule has 1 heterocycles. The normalized spacial score (nSPS) is 25.3. The van der Waals surface area contributed by atoms with Gasteiger partial charge in [0.25, 0.3) is 5.91 Å². The van der Waals surface area contributed by atoms with Gasteiger partial charge in [-0.1, -0.05) is 23.7 Å². The van der Waals surface area contributed by atoms with E-state index in [0.717, 1.165) is 31.2 Å². The minimum absolute atomic E-state index is 0.0125.